The molecule has 0 aromatic carbocycles. The van der Waals surface area contributed by atoms with Crippen LogP contribution in [0.25, 0.3) is 0 Å². The van der Waals surface area contributed by atoms with Gasteiger partial charge in [-0.15, -0.1) is 0 Å². The van der Waals surface area contributed by atoms with Crippen molar-refractivity contribution in [2.75, 3.05) is 18.0 Å². The van der Waals surface area contributed by atoms with E-state index in [-0.39, 0.29) is 12.3 Å². The number of anilines is 1. The fourth-order valence-electron chi connectivity index (χ4n) is 2.79. The molecule has 5 nitrogen and oxygen atoms in total. The van der Waals surface area contributed by atoms with Gasteiger partial charge in [-0.2, -0.15) is 4.37 Å². The van der Waals surface area contributed by atoms with Gasteiger partial charge in [0.05, 0.1) is 0 Å². The lowest BCUT2D eigenvalue weighted by Gasteiger charge is -2.35. The first-order valence-corrected chi connectivity index (χ1v) is 8.16. The molecule has 20 heavy (non-hydrogen) atoms. The standard InChI is InChI=1S/C14H23N3O2S/c1-3-5-12-15-14(20-16-12)17-7-4-6-11(9-17)10(2)8-13(18)19/h10-11H,3-9H2,1-2H3,(H,18,19). The van der Waals surface area contributed by atoms with Crippen LogP contribution in [0.2, 0.25) is 0 Å². The van der Waals surface area contributed by atoms with Crippen LogP contribution in [0, 0.1) is 11.8 Å². The Hall–Kier alpha value is -1.17. The average Bonchev–Trinajstić information content (AvgIpc) is 2.87. The molecule has 0 spiro atoms. The number of hydrogen-bond donors (Lipinski definition) is 1. The quantitative estimate of drug-likeness (QED) is 0.874. The minimum absolute atomic E-state index is 0.221. The molecule has 1 fully saturated rings. The Morgan fingerprint density at radius 3 is 3.10 bits per heavy atom. The summed E-state index contributed by atoms with van der Waals surface area (Å²) in [7, 11) is 0. The first kappa shape index (κ1) is 15.2. The largest absolute Gasteiger partial charge is 0.481 e. The van der Waals surface area contributed by atoms with Crippen LogP contribution in [-0.4, -0.2) is 33.5 Å². The van der Waals surface area contributed by atoms with Crippen LogP contribution in [0.3, 0.4) is 0 Å². The van der Waals surface area contributed by atoms with E-state index in [1.165, 1.54) is 11.5 Å². The van der Waals surface area contributed by atoms with Gasteiger partial charge in [-0.1, -0.05) is 13.8 Å². The number of piperidine rings is 1. The molecular formula is C14H23N3O2S. The molecule has 0 saturated carbocycles. The van der Waals surface area contributed by atoms with Gasteiger partial charge in [0.2, 0.25) is 5.13 Å². The van der Waals surface area contributed by atoms with E-state index in [0.717, 1.165) is 49.7 Å². The molecule has 1 aliphatic rings. The van der Waals surface area contributed by atoms with Gasteiger partial charge in [0.1, 0.15) is 5.82 Å². The van der Waals surface area contributed by atoms with E-state index in [1.54, 1.807) is 0 Å². The summed E-state index contributed by atoms with van der Waals surface area (Å²) in [6.45, 7) is 6.10. The zero-order valence-electron chi connectivity index (χ0n) is 12.2. The lowest BCUT2D eigenvalue weighted by atomic mass is 9.85. The number of aryl methyl sites for hydroxylation is 1. The predicted octanol–water partition coefficient (Wildman–Crippen LogP) is 2.82. The van der Waals surface area contributed by atoms with E-state index in [2.05, 4.69) is 21.2 Å². The monoisotopic (exact) mass is 297 g/mol. The smallest absolute Gasteiger partial charge is 0.303 e. The van der Waals surface area contributed by atoms with Crippen molar-refractivity contribution in [2.24, 2.45) is 11.8 Å². The second kappa shape index (κ2) is 7.02. The summed E-state index contributed by atoms with van der Waals surface area (Å²) >= 11 is 1.47. The maximum Gasteiger partial charge on any atom is 0.303 e. The van der Waals surface area contributed by atoms with Gasteiger partial charge in [0.15, 0.2) is 0 Å². The van der Waals surface area contributed by atoms with Crippen LogP contribution in [0.5, 0.6) is 0 Å². The fraction of sp³-hybridized carbons (Fsp3) is 0.786. The molecule has 1 aliphatic heterocycles. The Morgan fingerprint density at radius 1 is 1.60 bits per heavy atom. The van der Waals surface area contributed by atoms with Crippen LogP contribution in [0.15, 0.2) is 0 Å². The molecule has 2 rings (SSSR count). The first-order chi connectivity index (χ1) is 9.60. The van der Waals surface area contributed by atoms with Crippen LogP contribution >= 0.6 is 11.5 Å². The van der Waals surface area contributed by atoms with Gasteiger partial charge in [0.25, 0.3) is 0 Å². The number of hydrogen-bond acceptors (Lipinski definition) is 5. The number of carbonyl (C=O) groups is 1. The van der Waals surface area contributed by atoms with Crippen molar-refractivity contribution in [3.63, 3.8) is 0 Å². The molecule has 0 bridgehead atoms. The van der Waals surface area contributed by atoms with Crippen LogP contribution in [-0.2, 0) is 11.2 Å². The molecule has 112 valence electrons. The lowest BCUT2D eigenvalue weighted by Crippen LogP contribution is -2.38. The van der Waals surface area contributed by atoms with Crippen molar-refractivity contribution in [1.29, 1.82) is 0 Å². The maximum absolute atomic E-state index is 10.8. The van der Waals surface area contributed by atoms with Gasteiger partial charge >= 0.3 is 5.97 Å². The summed E-state index contributed by atoms with van der Waals surface area (Å²) < 4.78 is 4.39. The Bertz CT molecular complexity index is 449. The molecule has 6 heteroatoms. The lowest BCUT2D eigenvalue weighted by molar-refractivity contribution is -0.138. The summed E-state index contributed by atoms with van der Waals surface area (Å²) in [5.74, 6) is 0.903. The molecular weight excluding hydrogens is 274 g/mol. The van der Waals surface area contributed by atoms with E-state index in [4.69, 9.17) is 5.11 Å². The molecule has 0 amide bonds. The highest BCUT2D eigenvalue weighted by atomic mass is 32.1. The number of aromatic nitrogens is 2. The van der Waals surface area contributed by atoms with Crippen molar-refractivity contribution in [2.45, 2.75) is 46.0 Å². The average molecular weight is 297 g/mol. The van der Waals surface area contributed by atoms with Crippen molar-refractivity contribution in [3.8, 4) is 0 Å². The Kier molecular flexibility index (Phi) is 5.34. The third-order valence-electron chi connectivity index (χ3n) is 3.96. The van der Waals surface area contributed by atoms with Crippen molar-refractivity contribution in [1.82, 2.24) is 9.36 Å². The van der Waals surface area contributed by atoms with E-state index in [1.807, 2.05) is 6.92 Å². The number of carboxylic acids is 1. The Balaban J connectivity index is 1.96. The summed E-state index contributed by atoms with van der Waals surface area (Å²) in [6.07, 6.45) is 4.48. The zero-order chi connectivity index (χ0) is 14.5. The summed E-state index contributed by atoms with van der Waals surface area (Å²) in [6, 6.07) is 0. The Labute approximate surface area is 124 Å². The minimum atomic E-state index is -0.698. The summed E-state index contributed by atoms with van der Waals surface area (Å²) in [5.41, 5.74) is 0. The van der Waals surface area contributed by atoms with E-state index < -0.39 is 5.97 Å². The van der Waals surface area contributed by atoms with E-state index >= 15 is 0 Å². The van der Waals surface area contributed by atoms with Gasteiger partial charge in [0, 0.05) is 37.5 Å². The number of rotatable bonds is 6. The first-order valence-electron chi connectivity index (χ1n) is 7.39. The van der Waals surface area contributed by atoms with Gasteiger partial charge in [-0.05, 0) is 31.1 Å². The second-order valence-corrected chi connectivity index (χ2v) is 6.40. The third kappa shape index (κ3) is 3.91. The van der Waals surface area contributed by atoms with Gasteiger partial charge < -0.3 is 10.0 Å². The van der Waals surface area contributed by atoms with Gasteiger partial charge in [-0.25, -0.2) is 4.98 Å². The van der Waals surface area contributed by atoms with Crippen molar-refractivity contribution < 1.29 is 9.90 Å². The fourth-order valence-corrected chi connectivity index (χ4v) is 3.54. The van der Waals surface area contributed by atoms with E-state index in [9.17, 15) is 4.79 Å². The Morgan fingerprint density at radius 2 is 2.40 bits per heavy atom. The molecule has 1 aromatic rings. The predicted molar refractivity (Wildman–Crippen MR) is 80.3 cm³/mol. The minimum Gasteiger partial charge on any atom is -0.481 e. The van der Waals surface area contributed by atoms with E-state index in [0.29, 0.717) is 5.92 Å². The maximum atomic E-state index is 10.8. The second-order valence-electron chi connectivity index (χ2n) is 5.67. The number of aliphatic carboxylic acids is 1. The topological polar surface area (TPSA) is 66.3 Å². The number of carboxylic acid groups (broad SMARTS) is 1. The molecule has 1 saturated heterocycles. The van der Waals surface area contributed by atoms with Crippen LogP contribution in [0.1, 0.15) is 45.4 Å². The summed E-state index contributed by atoms with van der Waals surface area (Å²) in [5, 5.41) is 9.93. The number of nitrogens with zero attached hydrogens (tertiary/aromatic N) is 3. The van der Waals surface area contributed by atoms with Gasteiger partial charge in [-0.3, -0.25) is 4.79 Å². The van der Waals surface area contributed by atoms with Crippen molar-refractivity contribution in [3.05, 3.63) is 5.82 Å². The third-order valence-corrected chi connectivity index (χ3v) is 4.78. The summed E-state index contributed by atoms with van der Waals surface area (Å²) in [4.78, 5) is 17.7. The molecule has 2 heterocycles. The highest BCUT2D eigenvalue weighted by Crippen LogP contribution is 2.30. The zero-order valence-corrected chi connectivity index (χ0v) is 13.0. The van der Waals surface area contributed by atoms with Crippen LogP contribution < -0.4 is 4.90 Å². The SMILES string of the molecule is CCCc1nsc(N2CCCC(C(C)CC(=O)O)C2)n1. The highest BCUT2D eigenvalue weighted by molar-refractivity contribution is 7.09. The molecule has 0 radical (unpaired) electrons. The van der Waals surface area contributed by atoms with Crippen molar-refractivity contribution >= 4 is 22.6 Å². The molecule has 2 atom stereocenters. The molecule has 2 unspecified atom stereocenters. The highest BCUT2D eigenvalue weighted by Gasteiger charge is 2.27. The molecule has 0 aliphatic carbocycles. The normalized spacial score (nSPS) is 20.9. The molecule has 1 N–H and O–H groups in total. The molecule has 1 aromatic heterocycles. The van der Waals surface area contributed by atoms with Crippen LogP contribution in [0.4, 0.5) is 5.13 Å².